The quantitative estimate of drug-likeness (QED) is 0.661. The van der Waals surface area contributed by atoms with Crippen LogP contribution in [0.1, 0.15) is 27.8 Å². The maximum absolute atomic E-state index is 12.4. The Labute approximate surface area is 166 Å². The first-order valence-electron chi connectivity index (χ1n) is 9.09. The van der Waals surface area contributed by atoms with E-state index in [1.54, 1.807) is 49.4 Å². The van der Waals surface area contributed by atoms with Gasteiger partial charge in [0.2, 0.25) is 0 Å². The van der Waals surface area contributed by atoms with Crippen molar-refractivity contribution in [3.63, 3.8) is 0 Å². The number of aromatic nitrogens is 1. The highest BCUT2D eigenvalue weighted by atomic mass is 16.6. The average Bonchev–Trinajstić information content (AvgIpc) is 3.24. The maximum Gasteiger partial charge on any atom is 0.338 e. The Morgan fingerprint density at radius 3 is 2.55 bits per heavy atom. The van der Waals surface area contributed by atoms with Crippen LogP contribution in [0.2, 0.25) is 0 Å². The highest BCUT2D eigenvalue weighted by Crippen LogP contribution is 2.34. The lowest BCUT2D eigenvalue weighted by atomic mass is 10.1. The monoisotopic (exact) mass is 394 g/mol. The summed E-state index contributed by atoms with van der Waals surface area (Å²) in [5.74, 6) is 0.888. The zero-order valence-corrected chi connectivity index (χ0v) is 15.6. The number of anilines is 1. The van der Waals surface area contributed by atoms with E-state index in [9.17, 15) is 9.59 Å². The van der Waals surface area contributed by atoms with Crippen LogP contribution in [-0.2, 0) is 4.74 Å². The van der Waals surface area contributed by atoms with E-state index in [1.807, 2.05) is 6.07 Å². The highest BCUT2D eigenvalue weighted by Gasteiger charge is 2.17. The minimum Gasteiger partial charge on any atom is -0.486 e. The third kappa shape index (κ3) is 4.06. The average molecular weight is 394 g/mol. The van der Waals surface area contributed by atoms with Gasteiger partial charge in [0.25, 0.3) is 5.91 Å². The molecule has 2 heterocycles. The van der Waals surface area contributed by atoms with E-state index in [0.717, 1.165) is 5.56 Å². The molecule has 148 valence electrons. The molecule has 0 saturated heterocycles. The summed E-state index contributed by atoms with van der Waals surface area (Å²) < 4.78 is 21.3. The molecule has 3 aromatic rings. The van der Waals surface area contributed by atoms with Gasteiger partial charge in [0, 0.05) is 17.3 Å². The second-order valence-corrected chi connectivity index (χ2v) is 6.19. The Morgan fingerprint density at radius 2 is 1.79 bits per heavy atom. The fourth-order valence-electron chi connectivity index (χ4n) is 2.81. The molecule has 0 spiro atoms. The van der Waals surface area contributed by atoms with Gasteiger partial charge in [-0.3, -0.25) is 4.79 Å². The standard InChI is InChI=1S/C21H18N2O6/c1-2-26-21(25)13-3-6-15(7-4-13)22-20(24)16-12-18(29-23-16)14-5-8-17-19(11-14)28-10-9-27-17/h3-8,11-12H,2,9-10H2,1H3,(H,22,24). The molecule has 1 aliphatic rings. The van der Waals surface area contributed by atoms with Gasteiger partial charge in [0.1, 0.15) is 13.2 Å². The normalized spacial score (nSPS) is 12.3. The molecule has 1 N–H and O–H groups in total. The van der Waals surface area contributed by atoms with Gasteiger partial charge in [-0.05, 0) is 49.4 Å². The van der Waals surface area contributed by atoms with E-state index in [0.29, 0.717) is 48.3 Å². The van der Waals surface area contributed by atoms with Crippen LogP contribution < -0.4 is 14.8 Å². The number of nitrogens with one attached hydrogen (secondary N) is 1. The molecule has 2 aromatic carbocycles. The number of ether oxygens (including phenoxy) is 3. The first-order chi connectivity index (χ1) is 14.1. The summed E-state index contributed by atoms with van der Waals surface area (Å²) in [7, 11) is 0. The van der Waals surface area contributed by atoms with Crippen molar-refractivity contribution in [2.24, 2.45) is 0 Å². The maximum atomic E-state index is 12.4. The molecule has 1 aromatic heterocycles. The lowest BCUT2D eigenvalue weighted by Crippen LogP contribution is -2.15. The van der Waals surface area contributed by atoms with Crippen LogP contribution in [0.3, 0.4) is 0 Å². The number of amides is 1. The van der Waals surface area contributed by atoms with Crippen LogP contribution >= 0.6 is 0 Å². The minimum absolute atomic E-state index is 0.129. The number of carbonyl (C=O) groups is 2. The largest absolute Gasteiger partial charge is 0.486 e. The first kappa shape index (κ1) is 18.5. The molecular formula is C21H18N2O6. The van der Waals surface area contributed by atoms with Gasteiger partial charge in [0.05, 0.1) is 12.2 Å². The molecule has 0 unspecified atom stereocenters. The Morgan fingerprint density at radius 1 is 1.03 bits per heavy atom. The van der Waals surface area contributed by atoms with Crippen LogP contribution in [0.4, 0.5) is 5.69 Å². The Balaban J connectivity index is 1.45. The second kappa shape index (κ2) is 8.05. The van der Waals surface area contributed by atoms with Gasteiger partial charge in [-0.2, -0.15) is 0 Å². The van der Waals surface area contributed by atoms with E-state index in [2.05, 4.69) is 10.5 Å². The number of esters is 1. The smallest absolute Gasteiger partial charge is 0.338 e. The van der Waals surface area contributed by atoms with Crippen molar-refractivity contribution in [2.75, 3.05) is 25.1 Å². The summed E-state index contributed by atoms with van der Waals surface area (Å²) in [4.78, 5) is 24.1. The summed E-state index contributed by atoms with van der Waals surface area (Å²) in [6.45, 7) is 3.04. The molecule has 0 radical (unpaired) electrons. The van der Waals surface area contributed by atoms with Crippen molar-refractivity contribution < 1.29 is 28.3 Å². The molecule has 8 heteroatoms. The summed E-state index contributed by atoms with van der Waals surface area (Å²) >= 11 is 0. The van der Waals surface area contributed by atoms with Crippen LogP contribution in [0.5, 0.6) is 11.5 Å². The van der Waals surface area contributed by atoms with Gasteiger partial charge in [-0.15, -0.1) is 0 Å². The predicted molar refractivity (Wildman–Crippen MR) is 103 cm³/mol. The number of hydrogen-bond donors (Lipinski definition) is 1. The number of carbonyl (C=O) groups excluding carboxylic acids is 2. The Hall–Kier alpha value is -3.81. The SMILES string of the molecule is CCOC(=O)c1ccc(NC(=O)c2cc(-c3ccc4c(c3)OCCO4)on2)cc1. The third-order valence-corrected chi connectivity index (χ3v) is 4.22. The zero-order valence-electron chi connectivity index (χ0n) is 15.6. The molecule has 0 saturated carbocycles. The number of fused-ring (bicyclic) bond motifs is 1. The van der Waals surface area contributed by atoms with E-state index < -0.39 is 11.9 Å². The first-order valence-corrected chi connectivity index (χ1v) is 9.09. The minimum atomic E-state index is -0.429. The molecular weight excluding hydrogens is 376 g/mol. The number of benzene rings is 2. The molecule has 1 aliphatic heterocycles. The molecule has 0 fully saturated rings. The summed E-state index contributed by atoms with van der Waals surface area (Å²) in [5, 5.41) is 6.55. The van der Waals surface area contributed by atoms with Gasteiger partial charge >= 0.3 is 5.97 Å². The highest BCUT2D eigenvalue weighted by molar-refractivity contribution is 6.03. The molecule has 29 heavy (non-hydrogen) atoms. The number of nitrogens with zero attached hydrogens (tertiary/aromatic N) is 1. The van der Waals surface area contributed by atoms with E-state index in [4.69, 9.17) is 18.7 Å². The van der Waals surface area contributed by atoms with Crippen molar-refractivity contribution in [1.29, 1.82) is 0 Å². The third-order valence-electron chi connectivity index (χ3n) is 4.22. The van der Waals surface area contributed by atoms with Crippen LogP contribution in [-0.4, -0.2) is 36.9 Å². The summed E-state index contributed by atoms with van der Waals surface area (Å²) in [5.41, 5.74) is 1.78. The lowest BCUT2D eigenvalue weighted by molar-refractivity contribution is 0.0526. The summed E-state index contributed by atoms with van der Waals surface area (Å²) in [6, 6.07) is 13.3. The predicted octanol–water partition coefficient (Wildman–Crippen LogP) is 3.54. The van der Waals surface area contributed by atoms with Crippen molar-refractivity contribution >= 4 is 17.6 Å². The van der Waals surface area contributed by atoms with E-state index >= 15 is 0 Å². The summed E-state index contributed by atoms with van der Waals surface area (Å²) in [6.07, 6.45) is 0. The lowest BCUT2D eigenvalue weighted by Gasteiger charge is -2.18. The van der Waals surface area contributed by atoms with E-state index in [1.165, 1.54) is 0 Å². The number of hydrogen-bond acceptors (Lipinski definition) is 7. The molecule has 8 nitrogen and oxygen atoms in total. The number of rotatable bonds is 5. The van der Waals surface area contributed by atoms with Crippen molar-refractivity contribution in [1.82, 2.24) is 5.16 Å². The van der Waals surface area contributed by atoms with Crippen molar-refractivity contribution in [3.8, 4) is 22.8 Å². The molecule has 0 aliphatic carbocycles. The van der Waals surface area contributed by atoms with E-state index in [-0.39, 0.29) is 5.69 Å². The molecule has 0 atom stereocenters. The van der Waals surface area contributed by atoms with Crippen molar-refractivity contribution in [2.45, 2.75) is 6.92 Å². The fraction of sp³-hybridized carbons (Fsp3) is 0.190. The van der Waals surface area contributed by atoms with Gasteiger partial charge in [-0.25, -0.2) is 4.79 Å². The van der Waals surface area contributed by atoms with Gasteiger partial charge < -0.3 is 24.1 Å². The Bertz CT molecular complexity index is 1040. The Kier molecular flexibility index (Phi) is 5.15. The topological polar surface area (TPSA) is 99.9 Å². The fourth-order valence-corrected chi connectivity index (χ4v) is 2.81. The van der Waals surface area contributed by atoms with Gasteiger partial charge in [0.15, 0.2) is 23.0 Å². The van der Waals surface area contributed by atoms with Gasteiger partial charge in [-0.1, -0.05) is 5.16 Å². The van der Waals surface area contributed by atoms with Crippen LogP contribution in [0, 0.1) is 0 Å². The second-order valence-electron chi connectivity index (χ2n) is 6.19. The molecule has 4 rings (SSSR count). The molecule has 0 bridgehead atoms. The zero-order chi connectivity index (χ0) is 20.2. The van der Waals surface area contributed by atoms with Crippen LogP contribution in [0.25, 0.3) is 11.3 Å². The van der Waals surface area contributed by atoms with Crippen molar-refractivity contribution in [3.05, 3.63) is 59.8 Å². The molecule has 1 amide bonds. The van der Waals surface area contributed by atoms with Crippen LogP contribution in [0.15, 0.2) is 53.1 Å².